The normalized spacial score (nSPS) is 9.64. The maximum Gasteiger partial charge on any atom is 0.157 e. The van der Waals surface area contributed by atoms with Crippen molar-refractivity contribution in [2.45, 2.75) is 0 Å². The number of carbonyl (C=O) groups is 1. The van der Waals surface area contributed by atoms with Gasteiger partial charge < -0.3 is 14.6 Å². The molecule has 1 N–H and O–H groups in total. The van der Waals surface area contributed by atoms with E-state index in [1.807, 2.05) is 0 Å². The molecule has 0 heterocycles. The lowest BCUT2D eigenvalue weighted by Gasteiger charge is -2.11. The van der Waals surface area contributed by atoms with Gasteiger partial charge in [0.05, 0.1) is 19.8 Å². The van der Waals surface area contributed by atoms with Crippen LogP contribution in [0.25, 0.3) is 0 Å². The third-order valence-corrected chi connectivity index (χ3v) is 2.50. The molecule has 1 rings (SSSR count). The lowest BCUT2D eigenvalue weighted by Crippen LogP contribution is -1.95. The first-order chi connectivity index (χ1) is 6.65. The van der Waals surface area contributed by atoms with Crippen LogP contribution in [0.1, 0.15) is 10.4 Å². The Morgan fingerprint density at radius 1 is 1.43 bits per heavy atom. The highest BCUT2D eigenvalue weighted by Gasteiger charge is 2.16. The third kappa shape index (κ3) is 1.68. The SMILES string of the molecule is COc1cc(O)c(C=O)c(OC)c1Br. The zero-order chi connectivity index (χ0) is 10.7. The first-order valence-electron chi connectivity index (χ1n) is 3.74. The Morgan fingerprint density at radius 3 is 2.50 bits per heavy atom. The highest BCUT2D eigenvalue weighted by Crippen LogP contribution is 2.41. The predicted octanol–water partition coefficient (Wildman–Crippen LogP) is 1.98. The van der Waals surface area contributed by atoms with Crippen LogP contribution in [0.3, 0.4) is 0 Å². The van der Waals surface area contributed by atoms with E-state index in [0.29, 0.717) is 16.5 Å². The number of halogens is 1. The van der Waals surface area contributed by atoms with Crippen LogP contribution in [0.15, 0.2) is 10.5 Å². The lowest BCUT2D eigenvalue weighted by molar-refractivity contribution is 0.111. The molecule has 0 saturated heterocycles. The summed E-state index contributed by atoms with van der Waals surface area (Å²) >= 11 is 3.21. The van der Waals surface area contributed by atoms with Gasteiger partial charge in [0.25, 0.3) is 0 Å². The second-order valence-corrected chi connectivity index (χ2v) is 3.27. The summed E-state index contributed by atoms with van der Waals surface area (Å²) in [6.07, 6.45) is 0.526. The van der Waals surface area contributed by atoms with Gasteiger partial charge in [-0.05, 0) is 15.9 Å². The Bertz CT molecular complexity index is 362. The fourth-order valence-electron chi connectivity index (χ4n) is 1.07. The first-order valence-corrected chi connectivity index (χ1v) is 4.53. The van der Waals surface area contributed by atoms with Crippen molar-refractivity contribution in [3.63, 3.8) is 0 Å². The van der Waals surface area contributed by atoms with Gasteiger partial charge in [0.1, 0.15) is 16.0 Å². The zero-order valence-electron chi connectivity index (χ0n) is 7.70. The molecule has 0 aliphatic rings. The molecule has 5 heteroatoms. The van der Waals surface area contributed by atoms with Crippen LogP contribution in [0, 0.1) is 0 Å². The van der Waals surface area contributed by atoms with Gasteiger partial charge in [-0.3, -0.25) is 4.79 Å². The molecule has 0 aromatic heterocycles. The summed E-state index contributed by atoms with van der Waals surface area (Å²) in [5, 5.41) is 9.45. The third-order valence-electron chi connectivity index (χ3n) is 1.75. The lowest BCUT2D eigenvalue weighted by atomic mass is 10.2. The maximum atomic E-state index is 10.7. The van der Waals surface area contributed by atoms with E-state index in [-0.39, 0.29) is 17.1 Å². The fourth-order valence-corrected chi connectivity index (χ4v) is 1.73. The second-order valence-electron chi connectivity index (χ2n) is 2.48. The van der Waals surface area contributed by atoms with Crippen LogP contribution in [0.5, 0.6) is 17.2 Å². The van der Waals surface area contributed by atoms with E-state index in [0.717, 1.165) is 0 Å². The van der Waals surface area contributed by atoms with Crippen molar-refractivity contribution in [2.24, 2.45) is 0 Å². The number of hydrogen-bond donors (Lipinski definition) is 1. The number of phenols is 1. The smallest absolute Gasteiger partial charge is 0.157 e. The summed E-state index contributed by atoms with van der Waals surface area (Å²) in [6, 6.07) is 1.34. The molecule has 14 heavy (non-hydrogen) atoms. The van der Waals surface area contributed by atoms with Crippen molar-refractivity contribution in [2.75, 3.05) is 14.2 Å². The standard InChI is InChI=1S/C9H9BrO4/c1-13-7-3-6(12)5(4-11)9(14-2)8(7)10/h3-4,12H,1-2H3. The number of phenolic OH excluding ortho intramolecular Hbond substituents is 1. The molecule has 76 valence electrons. The van der Waals surface area contributed by atoms with Crippen molar-refractivity contribution in [3.8, 4) is 17.2 Å². The molecule has 0 unspecified atom stereocenters. The van der Waals surface area contributed by atoms with Gasteiger partial charge in [-0.1, -0.05) is 0 Å². The van der Waals surface area contributed by atoms with Crippen molar-refractivity contribution >= 4 is 22.2 Å². The average Bonchev–Trinajstić information content (AvgIpc) is 2.20. The van der Waals surface area contributed by atoms with Gasteiger partial charge in [-0.15, -0.1) is 0 Å². The number of methoxy groups -OCH3 is 2. The molecule has 0 atom stereocenters. The molecule has 0 amide bonds. The minimum Gasteiger partial charge on any atom is -0.507 e. The van der Waals surface area contributed by atoms with Crippen LogP contribution in [0.4, 0.5) is 0 Å². The highest BCUT2D eigenvalue weighted by atomic mass is 79.9. The Kier molecular flexibility index (Phi) is 3.35. The highest BCUT2D eigenvalue weighted by molar-refractivity contribution is 9.10. The Balaban J connectivity index is 3.47. The largest absolute Gasteiger partial charge is 0.507 e. The van der Waals surface area contributed by atoms with Gasteiger partial charge in [0.15, 0.2) is 12.0 Å². The average molecular weight is 261 g/mol. The maximum absolute atomic E-state index is 10.7. The minimum absolute atomic E-state index is 0.0974. The number of aromatic hydroxyl groups is 1. The molecule has 0 fully saturated rings. The topological polar surface area (TPSA) is 55.8 Å². The Hall–Kier alpha value is -1.23. The fraction of sp³-hybridized carbons (Fsp3) is 0.222. The van der Waals surface area contributed by atoms with Gasteiger partial charge in [-0.2, -0.15) is 0 Å². The zero-order valence-corrected chi connectivity index (χ0v) is 9.29. The molecule has 1 aromatic rings. The quantitative estimate of drug-likeness (QED) is 0.845. The van der Waals surface area contributed by atoms with Gasteiger partial charge in [0, 0.05) is 6.07 Å². The van der Waals surface area contributed by atoms with E-state index in [1.54, 1.807) is 0 Å². The predicted molar refractivity (Wildman–Crippen MR) is 54.3 cm³/mol. The Labute approximate surface area is 89.6 Å². The number of rotatable bonds is 3. The van der Waals surface area contributed by atoms with E-state index in [4.69, 9.17) is 9.47 Å². The molecular formula is C9H9BrO4. The summed E-state index contributed by atoms with van der Waals surface area (Å²) in [4.78, 5) is 10.7. The summed E-state index contributed by atoms with van der Waals surface area (Å²) in [6.45, 7) is 0. The molecule has 1 aromatic carbocycles. The summed E-state index contributed by atoms with van der Waals surface area (Å²) < 4.78 is 10.4. The number of carbonyl (C=O) groups excluding carboxylic acids is 1. The van der Waals surface area contributed by atoms with Gasteiger partial charge in [0.2, 0.25) is 0 Å². The molecule has 4 nitrogen and oxygen atoms in total. The summed E-state index contributed by atoms with van der Waals surface area (Å²) in [5.74, 6) is 0.499. The molecule has 0 aliphatic heterocycles. The first kappa shape index (κ1) is 10.8. The number of aldehydes is 1. The Morgan fingerprint density at radius 2 is 2.07 bits per heavy atom. The van der Waals surface area contributed by atoms with E-state index < -0.39 is 0 Å². The molecular weight excluding hydrogens is 252 g/mol. The molecule has 0 saturated carbocycles. The molecule has 0 spiro atoms. The minimum atomic E-state index is -0.170. The van der Waals surface area contributed by atoms with Crippen molar-refractivity contribution in [1.82, 2.24) is 0 Å². The second kappa shape index (κ2) is 4.32. The van der Waals surface area contributed by atoms with Crippen LogP contribution in [0.2, 0.25) is 0 Å². The summed E-state index contributed by atoms with van der Waals surface area (Å²) in [7, 11) is 2.87. The molecule has 0 aliphatic carbocycles. The number of ether oxygens (including phenoxy) is 2. The van der Waals surface area contributed by atoms with E-state index >= 15 is 0 Å². The van der Waals surface area contributed by atoms with Crippen molar-refractivity contribution in [3.05, 3.63) is 16.1 Å². The number of benzene rings is 1. The van der Waals surface area contributed by atoms with Crippen LogP contribution in [-0.4, -0.2) is 25.6 Å². The summed E-state index contributed by atoms with van der Waals surface area (Å²) in [5.41, 5.74) is 0.0974. The van der Waals surface area contributed by atoms with Crippen LogP contribution in [-0.2, 0) is 0 Å². The van der Waals surface area contributed by atoms with Crippen molar-refractivity contribution < 1.29 is 19.4 Å². The van der Waals surface area contributed by atoms with Crippen LogP contribution < -0.4 is 9.47 Å². The van der Waals surface area contributed by atoms with Gasteiger partial charge in [-0.25, -0.2) is 0 Å². The molecule has 0 bridgehead atoms. The van der Waals surface area contributed by atoms with E-state index in [2.05, 4.69) is 15.9 Å². The van der Waals surface area contributed by atoms with E-state index in [9.17, 15) is 9.90 Å². The number of hydrogen-bond acceptors (Lipinski definition) is 4. The molecule has 0 radical (unpaired) electrons. The monoisotopic (exact) mass is 260 g/mol. The van der Waals surface area contributed by atoms with Gasteiger partial charge >= 0.3 is 0 Å². The van der Waals surface area contributed by atoms with E-state index in [1.165, 1.54) is 20.3 Å². The van der Waals surface area contributed by atoms with Crippen molar-refractivity contribution in [1.29, 1.82) is 0 Å². The van der Waals surface area contributed by atoms with Crippen LogP contribution >= 0.6 is 15.9 Å².